The molecule has 4 heterocycles. The molecule has 2 aromatic rings. The van der Waals surface area contributed by atoms with Crippen LogP contribution in [0.25, 0.3) is 10.9 Å². The monoisotopic (exact) mass is 581 g/mol. The van der Waals surface area contributed by atoms with Gasteiger partial charge in [-0.3, -0.25) is 0 Å². The van der Waals surface area contributed by atoms with Gasteiger partial charge in [0, 0.05) is 42.9 Å². The van der Waals surface area contributed by atoms with Crippen molar-refractivity contribution in [1.82, 2.24) is 19.8 Å². The third-order valence-corrected chi connectivity index (χ3v) is 9.04. The Kier molecular flexibility index (Phi) is 6.88. The van der Waals surface area contributed by atoms with E-state index in [-0.39, 0.29) is 21.9 Å². The number of hydrogen-bond acceptors (Lipinski definition) is 6. The molecule has 36 heavy (non-hydrogen) atoms. The maximum absolute atomic E-state index is 15.3. The van der Waals surface area contributed by atoms with Crippen molar-refractivity contribution in [3.63, 3.8) is 0 Å². The van der Waals surface area contributed by atoms with E-state index in [0.717, 1.165) is 63.5 Å². The van der Waals surface area contributed by atoms with Gasteiger partial charge >= 0.3 is 6.09 Å². The molecule has 1 spiro atoms. The molecule has 0 unspecified atom stereocenters. The van der Waals surface area contributed by atoms with E-state index in [1.165, 1.54) is 0 Å². The normalized spacial score (nSPS) is 21.2. The number of carbonyl (C=O) groups excluding carboxylic acids is 1. The Labute approximate surface area is 225 Å². The summed E-state index contributed by atoms with van der Waals surface area (Å²) in [4.78, 5) is 28.5. The SMILES string of the molecule is CN1CCC(c2nc(N3CCC4(CC3)CN(C(=O)OC(C)(C)C)C4)c3cc(Cl)c(Br)c(F)c3n2)CC1. The molecule has 0 aliphatic carbocycles. The number of piperidine rings is 2. The Balaban J connectivity index is 1.38. The van der Waals surface area contributed by atoms with Crippen LogP contribution >= 0.6 is 27.5 Å². The first kappa shape index (κ1) is 25.9. The molecule has 0 radical (unpaired) electrons. The third-order valence-electron chi connectivity index (χ3n) is 7.74. The predicted octanol–water partition coefficient (Wildman–Crippen LogP) is 5.83. The lowest BCUT2D eigenvalue weighted by Gasteiger charge is -2.53. The van der Waals surface area contributed by atoms with Gasteiger partial charge in [0.2, 0.25) is 0 Å². The number of benzene rings is 1. The molecule has 3 fully saturated rings. The molecule has 1 aromatic carbocycles. The van der Waals surface area contributed by atoms with Gasteiger partial charge < -0.3 is 19.4 Å². The summed E-state index contributed by atoms with van der Waals surface area (Å²) >= 11 is 9.65. The highest BCUT2D eigenvalue weighted by atomic mass is 79.9. The molecular weight excluding hydrogens is 549 g/mol. The summed E-state index contributed by atoms with van der Waals surface area (Å²) in [5.74, 6) is 1.26. The Hall–Kier alpha value is -1.71. The van der Waals surface area contributed by atoms with Crippen LogP contribution in [-0.2, 0) is 4.74 Å². The second-order valence-electron chi connectivity index (χ2n) is 11.7. The zero-order chi connectivity index (χ0) is 25.8. The summed E-state index contributed by atoms with van der Waals surface area (Å²) in [6.07, 6.45) is 3.56. The van der Waals surface area contributed by atoms with Crippen LogP contribution < -0.4 is 4.90 Å². The fourth-order valence-electron chi connectivity index (χ4n) is 5.59. The van der Waals surface area contributed by atoms with Crippen LogP contribution in [0.15, 0.2) is 10.5 Å². The summed E-state index contributed by atoms with van der Waals surface area (Å²) in [6.45, 7) is 10.6. The lowest BCUT2D eigenvalue weighted by Crippen LogP contribution is -2.62. The van der Waals surface area contributed by atoms with Crippen molar-refractivity contribution in [2.75, 3.05) is 51.2 Å². The van der Waals surface area contributed by atoms with E-state index < -0.39 is 11.4 Å². The first-order chi connectivity index (χ1) is 16.9. The van der Waals surface area contributed by atoms with Gasteiger partial charge in [-0.15, -0.1) is 0 Å². The number of anilines is 1. The lowest BCUT2D eigenvalue weighted by atomic mass is 9.72. The number of amides is 1. The second kappa shape index (κ2) is 9.55. The minimum absolute atomic E-state index is 0.110. The van der Waals surface area contributed by atoms with E-state index in [9.17, 15) is 4.79 Å². The minimum atomic E-state index is -0.492. The van der Waals surface area contributed by atoms with Crippen LogP contribution in [0.2, 0.25) is 5.02 Å². The highest BCUT2D eigenvalue weighted by Gasteiger charge is 2.48. The van der Waals surface area contributed by atoms with Crippen LogP contribution in [0.5, 0.6) is 0 Å². The number of fused-ring (bicyclic) bond motifs is 1. The molecule has 3 aliphatic rings. The molecule has 0 bridgehead atoms. The summed E-state index contributed by atoms with van der Waals surface area (Å²) in [6, 6.07) is 1.77. The molecule has 10 heteroatoms. The zero-order valence-electron chi connectivity index (χ0n) is 21.4. The van der Waals surface area contributed by atoms with Gasteiger partial charge in [-0.05, 0) is 88.6 Å². The maximum Gasteiger partial charge on any atom is 0.410 e. The number of hydrogen-bond donors (Lipinski definition) is 0. The smallest absolute Gasteiger partial charge is 0.410 e. The van der Waals surface area contributed by atoms with Crippen LogP contribution in [-0.4, -0.2) is 77.8 Å². The predicted molar refractivity (Wildman–Crippen MR) is 143 cm³/mol. The van der Waals surface area contributed by atoms with Crippen molar-refractivity contribution in [3.8, 4) is 0 Å². The fourth-order valence-corrected chi connectivity index (χ4v) is 6.09. The van der Waals surface area contributed by atoms with Gasteiger partial charge in [-0.2, -0.15) is 0 Å². The minimum Gasteiger partial charge on any atom is -0.444 e. The molecule has 0 saturated carbocycles. The summed E-state index contributed by atoms with van der Waals surface area (Å²) in [7, 11) is 2.12. The van der Waals surface area contributed by atoms with Gasteiger partial charge in [0.05, 0.1) is 9.50 Å². The maximum atomic E-state index is 15.3. The van der Waals surface area contributed by atoms with Crippen molar-refractivity contribution in [2.45, 2.75) is 58.0 Å². The van der Waals surface area contributed by atoms with Crippen LogP contribution in [0.1, 0.15) is 58.2 Å². The van der Waals surface area contributed by atoms with Crippen molar-refractivity contribution >= 4 is 50.3 Å². The first-order valence-corrected chi connectivity index (χ1v) is 13.9. The van der Waals surface area contributed by atoms with Gasteiger partial charge in [0.15, 0.2) is 5.82 Å². The van der Waals surface area contributed by atoms with E-state index in [0.29, 0.717) is 29.0 Å². The fraction of sp³-hybridized carbons (Fsp3) is 0.654. The standard InChI is InChI=1S/C26H34BrClFN5O2/c1-25(2,3)36-24(35)34-14-26(15-34)7-11-33(12-8-26)23-17-13-18(28)19(27)20(29)21(17)30-22(31-23)16-5-9-32(4)10-6-16/h13,16H,5-12,14-15H2,1-4H3. The van der Waals surface area contributed by atoms with Crippen molar-refractivity contribution in [1.29, 1.82) is 0 Å². The van der Waals surface area contributed by atoms with E-state index in [1.54, 1.807) is 11.0 Å². The zero-order valence-corrected chi connectivity index (χ0v) is 23.8. The van der Waals surface area contributed by atoms with E-state index in [1.807, 2.05) is 20.8 Å². The number of likely N-dealkylation sites (tertiary alicyclic amines) is 2. The summed E-state index contributed by atoms with van der Waals surface area (Å²) < 4.78 is 21.1. The summed E-state index contributed by atoms with van der Waals surface area (Å²) in [5, 5.41) is 0.967. The number of nitrogens with zero attached hydrogens (tertiary/aromatic N) is 5. The van der Waals surface area contributed by atoms with Gasteiger partial charge in [-0.25, -0.2) is 19.2 Å². The largest absolute Gasteiger partial charge is 0.444 e. The quantitative estimate of drug-likeness (QED) is 0.415. The first-order valence-electron chi connectivity index (χ1n) is 12.7. The van der Waals surface area contributed by atoms with E-state index in [2.05, 4.69) is 32.8 Å². The molecule has 3 aliphatic heterocycles. The van der Waals surface area contributed by atoms with Crippen molar-refractivity contribution < 1.29 is 13.9 Å². The Morgan fingerprint density at radius 1 is 1.17 bits per heavy atom. The highest BCUT2D eigenvalue weighted by molar-refractivity contribution is 9.10. The number of halogens is 3. The third kappa shape index (κ3) is 5.03. The molecule has 0 N–H and O–H groups in total. The number of carbonyl (C=O) groups is 1. The second-order valence-corrected chi connectivity index (χ2v) is 12.9. The van der Waals surface area contributed by atoms with Crippen molar-refractivity contribution in [3.05, 3.63) is 27.2 Å². The van der Waals surface area contributed by atoms with Crippen LogP contribution in [0.3, 0.4) is 0 Å². The van der Waals surface area contributed by atoms with Crippen LogP contribution in [0, 0.1) is 11.2 Å². The average molecular weight is 583 g/mol. The molecule has 1 amide bonds. The Morgan fingerprint density at radius 3 is 2.42 bits per heavy atom. The molecule has 5 rings (SSSR count). The lowest BCUT2D eigenvalue weighted by molar-refractivity contribution is -0.0434. The number of rotatable bonds is 2. The van der Waals surface area contributed by atoms with E-state index >= 15 is 4.39 Å². The average Bonchev–Trinajstić information content (AvgIpc) is 2.80. The Bertz CT molecular complexity index is 1170. The molecule has 0 atom stereocenters. The molecule has 196 valence electrons. The van der Waals surface area contributed by atoms with Gasteiger partial charge in [-0.1, -0.05) is 11.6 Å². The molecule has 7 nitrogen and oxygen atoms in total. The van der Waals surface area contributed by atoms with Gasteiger partial charge in [0.25, 0.3) is 0 Å². The molecule has 1 aromatic heterocycles. The van der Waals surface area contributed by atoms with E-state index in [4.69, 9.17) is 26.3 Å². The Morgan fingerprint density at radius 2 is 1.81 bits per heavy atom. The number of aromatic nitrogens is 2. The molecule has 3 saturated heterocycles. The summed E-state index contributed by atoms with van der Waals surface area (Å²) in [5.41, 5.74) is -0.0574. The van der Waals surface area contributed by atoms with Crippen molar-refractivity contribution in [2.24, 2.45) is 5.41 Å². The highest BCUT2D eigenvalue weighted by Crippen LogP contribution is 2.43. The van der Waals surface area contributed by atoms with Gasteiger partial charge in [0.1, 0.15) is 22.8 Å². The molecular formula is C26H34BrClFN5O2. The topological polar surface area (TPSA) is 61.8 Å². The number of ether oxygens (including phenoxy) is 1. The van der Waals surface area contributed by atoms with Crippen LogP contribution in [0.4, 0.5) is 15.0 Å².